The first-order valence-electron chi connectivity index (χ1n) is 5.88. The number of hydrogen-bond donors (Lipinski definition) is 1. The third kappa shape index (κ3) is 3.45. The average Bonchev–Trinajstić information content (AvgIpc) is 2.76. The molecule has 1 aromatic rings. The molecule has 0 spiro atoms. The van der Waals surface area contributed by atoms with Crippen LogP contribution < -0.4 is 10.6 Å². The van der Waals surface area contributed by atoms with E-state index in [2.05, 4.69) is 5.10 Å². The first-order chi connectivity index (χ1) is 8.61. The van der Waals surface area contributed by atoms with E-state index in [0.717, 1.165) is 5.69 Å². The van der Waals surface area contributed by atoms with Gasteiger partial charge in [-0.1, -0.05) is 0 Å². The Labute approximate surface area is 117 Å². The number of carbonyl (C=O) groups excluding carboxylic acids is 2. The Bertz CT molecular complexity index is 462. The van der Waals surface area contributed by atoms with Crippen LogP contribution in [0.5, 0.6) is 0 Å². The summed E-state index contributed by atoms with van der Waals surface area (Å²) in [6.07, 6.45) is 3.73. The molecule has 2 amide bonds. The van der Waals surface area contributed by atoms with Gasteiger partial charge in [-0.2, -0.15) is 5.10 Å². The van der Waals surface area contributed by atoms with Crippen molar-refractivity contribution in [2.24, 2.45) is 12.8 Å². The Hall–Kier alpha value is -1.60. The summed E-state index contributed by atoms with van der Waals surface area (Å²) in [4.78, 5) is 26.8. The number of aryl methyl sites for hydroxylation is 1. The van der Waals surface area contributed by atoms with E-state index in [9.17, 15) is 9.59 Å². The minimum atomic E-state index is -0.0837. The zero-order valence-corrected chi connectivity index (χ0v) is 11.6. The van der Waals surface area contributed by atoms with Crippen LogP contribution >= 0.6 is 12.4 Å². The monoisotopic (exact) mass is 287 g/mol. The maximum absolute atomic E-state index is 12.0. The standard InChI is InChI=1S/C11H17N5O2.ClH/c1-14-7-9(6-13-14)16-5-4-15(8-11(16)18)10(17)2-3-12;/h6-7H,2-5,8,12H2,1H3;1H. The van der Waals surface area contributed by atoms with Gasteiger partial charge in [-0.3, -0.25) is 14.3 Å². The van der Waals surface area contributed by atoms with E-state index < -0.39 is 0 Å². The van der Waals surface area contributed by atoms with Crippen LogP contribution in [0, 0.1) is 0 Å². The second-order valence-electron chi connectivity index (χ2n) is 4.27. The minimum absolute atomic E-state index is 0. The average molecular weight is 288 g/mol. The molecule has 19 heavy (non-hydrogen) atoms. The number of anilines is 1. The van der Waals surface area contributed by atoms with Crippen molar-refractivity contribution < 1.29 is 9.59 Å². The Morgan fingerprint density at radius 3 is 2.74 bits per heavy atom. The van der Waals surface area contributed by atoms with Crippen LogP contribution in [0.25, 0.3) is 0 Å². The van der Waals surface area contributed by atoms with Crippen molar-refractivity contribution in [3.8, 4) is 0 Å². The molecule has 1 saturated heterocycles. The summed E-state index contributed by atoms with van der Waals surface area (Å²) < 4.78 is 1.65. The van der Waals surface area contributed by atoms with Crippen LogP contribution in [-0.4, -0.2) is 52.7 Å². The van der Waals surface area contributed by atoms with Gasteiger partial charge in [0.1, 0.15) is 6.54 Å². The molecule has 0 unspecified atom stereocenters. The van der Waals surface area contributed by atoms with Crippen LogP contribution in [0.3, 0.4) is 0 Å². The Kier molecular flexibility index (Phi) is 5.31. The van der Waals surface area contributed by atoms with Crippen molar-refractivity contribution in [2.45, 2.75) is 6.42 Å². The van der Waals surface area contributed by atoms with E-state index >= 15 is 0 Å². The molecule has 1 aliphatic heterocycles. The van der Waals surface area contributed by atoms with Crippen LogP contribution in [0.1, 0.15) is 6.42 Å². The van der Waals surface area contributed by atoms with E-state index in [1.165, 1.54) is 0 Å². The molecule has 0 saturated carbocycles. The normalized spacial score (nSPS) is 15.4. The molecular weight excluding hydrogens is 270 g/mol. The fourth-order valence-electron chi connectivity index (χ4n) is 1.99. The highest BCUT2D eigenvalue weighted by Crippen LogP contribution is 2.16. The molecule has 1 aromatic heterocycles. The van der Waals surface area contributed by atoms with Gasteiger partial charge in [-0.15, -0.1) is 12.4 Å². The van der Waals surface area contributed by atoms with Gasteiger partial charge in [-0.25, -0.2) is 0 Å². The molecule has 0 aliphatic carbocycles. The largest absolute Gasteiger partial charge is 0.332 e. The number of amides is 2. The van der Waals surface area contributed by atoms with Crippen molar-refractivity contribution in [1.29, 1.82) is 0 Å². The SMILES string of the molecule is Cl.Cn1cc(N2CCN(C(=O)CCN)CC2=O)cn1. The summed E-state index contributed by atoms with van der Waals surface area (Å²) in [6.45, 7) is 1.48. The van der Waals surface area contributed by atoms with Crippen molar-refractivity contribution in [3.05, 3.63) is 12.4 Å². The number of nitrogens with zero attached hydrogens (tertiary/aromatic N) is 4. The van der Waals surface area contributed by atoms with E-state index in [1.54, 1.807) is 33.9 Å². The first kappa shape index (κ1) is 15.5. The molecule has 8 heteroatoms. The summed E-state index contributed by atoms with van der Waals surface area (Å²) in [6, 6.07) is 0. The van der Waals surface area contributed by atoms with Gasteiger partial charge < -0.3 is 15.5 Å². The van der Waals surface area contributed by atoms with Gasteiger partial charge in [0.15, 0.2) is 0 Å². The van der Waals surface area contributed by atoms with Gasteiger partial charge in [0.2, 0.25) is 11.8 Å². The van der Waals surface area contributed by atoms with Crippen LogP contribution in [-0.2, 0) is 16.6 Å². The molecule has 0 bridgehead atoms. The molecule has 0 atom stereocenters. The summed E-state index contributed by atoms with van der Waals surface area (Å²) in [5.74, 6) is -0.142. The molecule has 1 fully saturated rings. The molecule has 7 nitrogen and oxygen atoms in total. The fraction of sp³-hybridized carbons (Fsp3) is 0.545. The predicted molar refractivity (Wildman–Crippen MR) is 73.1 cm³/mol. The lowest BCUT2D eigenvalue weighted by molar-refractivity contribution is -0.136. The lowest BCUT2D eigenvalue weighted by atomic mass is 10.2. The van der Waals surface area contributed by atoms with E-state index in [-0.39, 0.29) is 30.8 Å². The predicted octanol–water partition coefficient (Wildman–Crippen LogP) is -0.634. The van der Waals surface area contributed by atoms with Gasteiger partial charge >= 0.3 is 0 Å². The second kappa shape index (κ2) is 6.53. The lowest BCUT2D eigenvalue weighted by Gasteiger charge is -2.33. The molecular formula is C11H18ClN5O2. The third-order valence-corrected chi connectivity index (χ3v) is 2.93. The molecule has 0 aromatic carbocycles. The van der Waals surface area contributed by atoms with Crippen molar-refractivity contribution >= 4 is 29.9 Å². The maximum atomic E-state index is 12.0. The smallest absolute Gasteiger partial charge is 0.246 e. The van der Waals surface area contributed by atoms with Gasteiger partial charge in [-0.05, 0) is 0 Å². The van der Waals surface area contributed by atoms with Crippen LogP contribution in [0.4, 0.5) is 5.69 Å². The number of piperazine rings is 1. The summed E-state index contributed by atoms with van der Waals surface area (Å²) >= 11 is 0. The van der Waals surface area contributed by atoms with Crippen LogP contribution in [0.2, 0.25) is 0 Å². The number of hydrogen-bond acceptors (Lipinski definition) is 4. The Balaban J connectivity index is 0.00000180. The van der Waals surface area contributed by atoms with Crippen LogP contribution in [0.15, 0.2) is 12.4 Å². The molecule has 2 heterocycles. The number of nitrogens with two attached hydrogens (primary N) is 1. The van der Waals surface area contributed by atoms with E-state index in [4.69, 9.17) is 5.73 Å². The number of halogens is 1. The summed E-state index contributed by atoms with van der Waals surface area (Å²) in [5, 5.41) is 4.04. The minimum Gasteiger partial charge on any atom is -0.332 e. The third-order valence-electron chi connectivity index (χ3n) is 2.93. The topological polar surface area (TPSA) is 84.5 Å². The van der Waals surface area contributed by atoms with E-state index in [1.807, 2.05) is 0 Å². The number of rotatable bonds is 3. The number of carbonyl (C=O) groups is 2. The van der Waals surface area contributed by atoms with Crippen molar-refractivity contribution in [3.63, 3.8) is 0 Å². The fourth-order valence-corrected chi connectivity index (χ4v) is 1.99. The lowest BCUT2D eigenvalue weighted by Crippen LogP contribution is -2.52. The van der Waals surface area contributed by atoms with Gasteiger partial charge in [0.25, 0.3) is 0 Å². The van der Waals surface area contributed by atoms with E-state index in [0.29, 0.717) is 26.1 Å². The summed E-state index contributed by atoms with van der Waals surface area (Å²) in [5.41, 5.74) is 6.11. The summed E-state index contributed by atoms with van der Waals surface area (Å²) in [7, 11) is 1.80. The Morgan fingerprint density at radius 2 is 2.21 bits per heavy atom. The molecule has 106 valence electrons. The first-order valence-corrected chi connectivity index (χ1v) is 5.88. The zero-order chi connectivity index (χ0) is 13.1. The molecule has 2 rings (SSSR count). The highest BCUT2D eigenvalue weighted by atomic mass is 35.5. The van der Waals surface area contributed by atoms with Crippen molar-refractivity contribution in [2.75, 3.05) is 31.1 Å². The second-order valence-corrected chi connectivity index (χ2v) is 4.27. The Morgan fingerprint density at radius 1 is 1.47 bits per heavy atom. The molecule has 2 N–H and O–H groups in total. The maximum Gasteiger partial charge on any atom is 0.246 e. The zero-order valence-electron chi connectivity index (χ0n) is 10.8. The highest BCUT2D eigenvalue weighted by molar-refractivity contribution is 5.97. The quantitative estimate of drug-likeness (QED) is 0.802. The molecule has 1 aliphatic rings. The van der Waals surface area contributed by atoms with Gasteiger partial charge in [0, 0.05) is 39.3 Å². The van der Waals surface area contributed by atoms with Gasteiger partial charge in [0.05, 0.1) is 11.9 Å². The highest BCUT2D eigenvalue weighted by Gasteiger charge is 2.28. The molecule has 0 radical (unpaired) electrons. The number of aromatic nitrogens is 2. The van der Waals surface area contributed by atoms with Crippen molar-refractivity contribution in [1.82, 2.24) is 14.7 Å².